The standard InChI is InChI=1S/C24H31BrO4/c1-24(2)28-18-23(29-24)17-27-22-13-9-20(10-14-22)6-4-16-26-21-11-7-19(8-12-21)5-3-15-25/h7-14,23H,3-6,15-18H2,1-2H3. The van der Waals surface area contributed by atoms with Gasteiger partial charge in [-0.3, -0.25) is 0 Å². The molecule has 1 unspecified atom stereocenters. The van der Waals surface area contributed by atoms with E-state index in [1.54, 1.807) is 0 Å². The summed E-state index contributed by atoms with van der Waals surface area (Å²) in [7, 11) is 0. The molecule has 0 aromatic heterocycles. The zero-order chi connectivity index (χ0) is 20.5. The molecule has 1 heterocycles. The molecule has 0 N–H and O–H groups in total. The van der Waals surface area contributed by atoms with Gasteiger partial charge in [0.25, 0.3) is 0 Å². The van der Waals surface area contributed by atoms with Crippen LogP contribution in [-0.2, 0) is 22.3 Å². The van der Waals surface area contributed by atoms with E-state index in [1.165, 1.54) is 11.1 Å². The molecule has 2 aromatic carbocycles. The second kappa shape index (κ2) is 11.0. The molecule has 0 aliphatic carbocycles. The first-order valence-electron chi connectivity index (χ1n) is 10.4. The lowest BCUT2D eigenvalue weighted by atomic mass is 10.1. The quantitative estimate of drug-likeness (QED) is 0.323. The average Bonchev–Trinajstić information content (AvgIpc) is 3.08. The molecule has 5 heteroatoms. The molecule has 1 aliphatic heterocycles. The van der Waals surface area contributed by atoms with Crippen LogP contribution in [0, 0.1) is 0 Å². The van der Waals surface area contributed by atoms with Crippen LogP contribution >= 0.6 is 15.9 Å². The van der Waals surface area contributed by atoms with Crippen LogP contribution in [0.5, 0.6) is 11.5 Å². The Morgan fingerprint density at radius 1 is 0.897 bits per heavy atom. The van der Waals surface area contributed by atoms with Gasteiger partial charge in [0, 0.05) is 5.33 Å². The van der Waals surface area contributed by atoms with Crippen molar-refractivity contribution in [3.63, 3.8) is 0 Å². The molecule has 158 valence electrons. The fraction of sp³-hybridized carbons (Fsp3) is 0.500. The summed E-state index contributed by atoms with van der Waals surface area (Å²) in [6.07, 6.45) is 4.21. The van der Waals surface area contributed by atoms with Crippen molar-refractivity contribution in [3.05, 3.63) is 59.7 Å². The molecule has 1 saturated heterocycles. The Kier molecular flexibility index (Phi) is 8.40. The van der Waals surface area contributed by atoms with Gasteiger partial charge in [-0.05, 0) is 74.9 Å². The summed E-state index contributed by atoms with van der Waals surface area (Å²) in [4.78, 5) is 0. The zero-order valence-electron chi connectivity index (χ0n) is 17.4. The second-order valence-electron chi connectivity index (χ2n) is 7.79. The van der Waals surface area contributed by atoms with Crippen LogP contribution < -0.4 is 9.47 Å². The third-order valence-electron chi connectivity index (χ3n) is 4.83. The van der Waals surface area contributed by atoms with Crippen molar-refractivity contribution < 1.29 is 18.9 Å². The Bertz CT molecular complexity index is 728. The maximum Gasteiger partial charge on any atom is 0.163 e. The number of benzene rings is 2. The first-order chi connectivity index (χ1) is 14.0. The Hall–Kier alpha value is -1.56. The highest BCUT2D eigenvalue weighted by atomic mass is 79.9. The van der Waals surface area contributed by atoms with Gasteiger partial charge in [0.15, 0.2) is 5.79 Å². The van der Waals surface area contributed by atoms with Gasteiger partial charge in [0.1, 0.15) is 24.2 Å². The lowest BCUT2D eigenvalue weighted by Gasteiger charge is -2.17. The molecule has 0 saturated carbocycles. The van der Waals surface area contributed by atoms with Crippen LogP contribution in [0.25, 0.3) is 0 Å². The molecule has 0 spiro atoms. The summed E-state index contributed by atoms with van der Waals surface area (Å²) < 4.78 is 23.0. The van der Waals surface area contributed by atoms with E-state index in [9.17, 15) is 0 Å². The summed E-state index contributed by atoms with van der Waals surface area (Å²) in [5.41, 5.74) is 2.64. The highest BCUT2D eigenvalue weighted by molar-refractivity contribution is 9.09. The van der Waals surface area contributed by atoms with Crippen molar-refractivity contribution in [2.24, 2.45) is 0 Å². The topological polar surface area (TPSA) is 36.9 Å². The number of ether oxygens (including phenoxy) is 4. The van der Waals surface area contributed by atoms with Gasteiger partial charge in [-0.25, -0.2) is 0 Å². The van der Waals surface area contributed by atoms with Gasteiger partial charge in [-0.1, -0.05) is 40.2 Å². The lowest BCUT2D eigenvalue weighted by molar-refractivity contribution is -0.141. The fourth-order valence-corrected chi connectivity index (χ4v) is 3.56. The predicted molar refractivity (Wildman–Crippen MR) is 119 cm³/mol. The summed E-state index contributed by atoms with van der Waals surface area (Å²) >= 11 is 3.47. The third kappa shape index (κ3) is 7.65. The van der Waals surface area contributed by atoms with Gasteiger partial charge in [0.2, 0.25) is 0 Å². The van der Waals surface area contributed by atoms with E-state index >= 15 is 0 Å². The van der Waals surface area contributed by atoms with Crippen molar-refractivity contribution in [2.75, 3.05) is 25.2 Å². The van der Waals surface area contributed by atoms with Gasteiger partial charge in [0.05, 0.1) is 13.2 Å². The molecule has 2 aromatic rings. The molecule has 0 bridgehead atoms. The minimum absolute atomic E-state index is 0.0136. The van der Waals surface area contributed by atoms with Crippen molar-refractivity contribution >= 4 is 15.9 Å². The van der Waals surface area contributed by atoms with E-state index in [0.717, 1.165) is 42.5 Å². The second-order valence-corrected chi connectivity index (χ2v) is 8.59. The smallest absolute Gasteiger partial charge is 0.163 e. The van der Waals surface area contributed by atoms with Gasteiger partial charge in [-0.2, -0.15) is 0 Å². The van der Waals surface area contributed by atoms with Gasteiger partial charge >= 0.3 is 0 Å². The summed E-state index contributed by atoms with van der Waals surface area (Å²) in [5.74, 6) is 1.30. The molecule has 1 fully saturated rings. The monoisotopic (exact) mass is 462 g/mol. The molecule has 0 radical (unpaired) electrons. The number of halogens is 1. The molecule has 1 atom stereocenters. The highest BCUT2D eigenvalue weighted by Gasteiger charge is 2.32. The maximum absolute atomic E-state index is 5.86. The first-order valence-corrected chi connectivity index (χ1v) is 11.5. The SMILES string of the molecule is CC1(C)OCC(COc2ccc(CCCOc3ccc(CCCBr)cc3)cc2)O1. The van der Waals surface area contributed by atoms with Crippen LogP contribution in [0.2, 0.25) is 0 Å². The molecular formula is C24H31BrO4. The normalized spacial score (nSPS) is 18.0. The summed E-state index contributed by atoms with van der Waals surface area (Å²) in [6.45, 7) is 5.64. The van der Waals surface area contributed by atoms with E-state index in [1.807, 2.05) is 26.0 Å². The summed E-state index contributed by atoms with van der Waals surface area (Å²) in [6, 6.07) is 16.7. The number of hydrogen-bond acceptors (Lipinski definition) is 4. The summed E-state index contributed by atoms with van der Waals surface area (Å²) in [5, 5.41) is 1.04. The molecule has 1 aliphatic rings. The molecule has 0 amide bonds. The van der Waals surface area contributed by atoms with Crippen molar-refractivity contribution in [1.82, 2.24) is 0 Å². The van der Waals surface area contributed by atoms with Crippen LogP contribution in [0.3, 0.4) is 0 Å². The predicted octanol–water partition coefficient (Wildman–Crippen LogP) is 5.56. The van der Waals surface area contributed by atoms with E-state index < -0.39 is 5.79 Å². The fourth-order valence-electron chi connectivity index (χ4n) is 3.28. The van der Waals surface area contributed by atoms with Crippen LogP contribution in [0.15, 0.2) is 48.5 Å². The van der Waals surface area contributed by atoms with Crippen LogP contribution in [0.1, 0.15) is 37.8 Å². The van der Waals surface area contributed by atoms with Gasteiger partial charge < -0.3 is 18.9 Å². The molecular weight excluding hydrogens is 432 g/mol. The largest absolute Gasteiger partial charge is 0.494 e. The van der Waals surface area contributed by atoms with Crippen LogP contribution in [-0.4, -0.2) is 37.0 Å². The minimum atomic E-state index is -0.505. The highest BCUT2D eigenvalue weighted by Crippen LogP contribution is 2.23. The Labute approximate surface area is 182 Å². The Morgan fingerprint density at radius 3 is 2.03 bits per heavy atom. The Morgan fingerprint density at radius 2 is 1.48 bits per heavy atom. The Balaban J connectivity index is 1.33. The van der Waals surface area contributed by atoms with Crippen molar-refractivity contribution in [2.45, 2.75) is 51.4 Å². The lowest BCUT2D eigenvalue weighted by Crippen LogP contribution is -2.25. The number of alkyl halides is 1. The zero-order valence-corrected chi connectivity index (χ0v) is 18.9. The molecule has 3 rings (SSSR count). The minimum Gasteiger partial charge on any atom is -0.494 e. The van der Waals surface area contributed by atoms with E-state index in [0.29, 0.717) is 19.8 Å². The van der Waals surface area contributed by atoms with Crippen molar-refractivity contribution in [3.8, 4) is 11.5 Å². The van der Waals surface area contributed by atoms with Gasteiger partial charge in [-0.15, -0.1) is 0 Å². The molecule has 4 nitrogen and oxygen atoms in total. The van der Waals surface area contributed by atoms with E-state index in [-0.39, 0.29) is 6.10 Å². The first kappa shape index (κ1) is 22.1. The maximum atomic E-state index is 5.86. The molecule has 29 heavy (non-hydrogen) atoms. The van der Waals surface area contributed by atoms with E-state index in [2.05, 4.69) is 52.3 Å². The number of rotatable bonds is 11. The van der Waals surface area contributed by atoms with Crippen LogP contribution in [0.4, 0.5) is 0 Å². The van der Waals surface area contributed by atoms with Crippen molar-refractivity contribution in [1.29, 1.82) is 0 Å². The van der Waals surface area contributed by atoms with E-state index in [4.69, 9.17) is 18.9 Å². The average molecular weight is 463 g/mol. The number of hydrogen-bond donors (Lipinski definition) is 0. The number of aryl methyl sites for hydroxylation is 2. The third-order valence-corrected chi connectivity index (χ3v) is 5.39.